The molecule has 7 N–H and O–H groups in total. The largest absolute Gasteiger partial charge is 0.378 e. The van der Waals surface area contributed by atoms with Crippen LogP contribution in [0.4, 0.5) is 10.5 Å². The van der Waals surface area contributed by atoms with Gasteiger partial charge in [-0.25, -0.2) is 4.79 Å². The van der Waals surface area contributed by atoms with Crippen LogP contribution in [0.25, 0.3) is 0 Å². The van der Waals surface area contributed by atoms with E-state index in [1.165, 1.54) is 12.2 Å². The van der Waals surface area contributed by atoms with E-state index in [1.54, 1.807) is 43.0 Å². The SMILES string of the molecule is CC(C)C(NC(=O)CCCCCN1C(=O)C=CC1=O)C(=O)N[C@@H](CCCNC(N)=O)C(=O)Nc1ccc(C(O)C(=O)N2CCN(C)CC2)cc1. The van der Waals surface area contributed by atoms with Gasteiger partial charge in [0.1, 0.15) is 12.1 Å². The van der Waals surface area contributed by atoms with Crippen LogP contribution in [0.3, 0.4) is 0 Å². The third kappa shape index (κ3) is 12.2. The Morgan fingerprint density at radius 3 is 2.10 bits per heavy atom. The summed E-state index contributed by atoms with van der Waals surface area (Å²) in [7, 11) is 1.97. The van der Waals surface area contributed by atoms with E-state index in [0.29, 0.717) is 50.0 Å². The number of aliphatic hydroxyl groups is 1. The smallest absolute Gasteiger partial charge is 0.312 e. The number of urea groups is 1. The fourth-order valence-electron chi connectivity index (χ4n) is 5.53. The van der Waals surface area contributed by atoms with Crippen LogP contribution in [0.5, 0.6) is 0 Å². The van der Waals surface area contributed by atoms with E-state index in [4.69, 9.17) is 5.73 Å². The van der Waals surface area contributed by atoms with Gasteiger partial charge in [-0.3, -0.25) is 33.7 Å². The molecule has 1 fully saturated rings. The lowest BCUT2D eigenvalue weighted by atomic mass is 10.0. The Hall–Kier alpha value is -4.83. The zero-order chi connectivity index (χ0) is 36.8. The van der Waals surface area contributed by atoms with Gasteiger partial charge in [-0.2, -0.15) is 0 Å². The lowest BCUT2D eigenvalue weighted by Crippen LogP contribution is -2.54. The third-order valence-electron chi connectivity index (χ3n) is 8.60. The Morgan fingerprint density at radius 2 is 1.50 bits per heavy atom. The Labute approximate surface area is 292 Å². The van der Waals surface area contributed by atoms with Gasteiger partial charge < -0.3 is 41.9 Å². The molecule has 16 heteroatoms. The van der Waals surface area contributed by atoms with Crippen LogP contribution in [-0.2, 0) is 28.8 Å². The maximum absolute atomic E-state index is 13.4. The number of rotatable bonds is 18. The standard InChI is InChI=1S/C34H50N8O8/c1-22(2)29(39-26(43)9-5-4-6-17-42-27(44)14-15-28(42)45)32(48)38-25(8-7-16-36-34(35)50)31(47)37-24-12-10-23(11-13-24)30(46)33(49)41-20-18-40(3)19-21-41/h10-15,22,25,29-30,46H,4-9,16-21H2,1-3H3,(H,37,47)(H,38,48)(H,39,43)(H3,35,36,50)/t25-,29?,30?/m0/s1. The molecule has 1 aromatic rings. The number of anilines is 1. The number of piperazine rings is 1. The second kappa shape index (κ2) is 19.4. The second-order valence-electron chi connectivity index (χ2n) is 12.9. The number of nitrogens with zero attached hydrogens (tertiary/aromatic N) is 3. The van der Waals surface area contributed by atoms with Crippen molar-refractivity contribution in [3.8, 4) is 0 Å². The normalized spacial score (nSPS) is 16.6. The first-order chi connectivity index (χ1) is 23.8. The number of aliphatic hydroxyl groups excluding tert-OH is 1. The number of benzene rings is 1. The maximum Gasteiger partial charge on any atom is 0.312 e. The summed E-state index contributed by atoms with van der Waals surface area (Å²) in [4.78, 5) is 91.7. The van der Waals surface area contributed by atoms with E-state index in [9.17, 15) is 38.7 Å². The fourth-order valence-corrected chi connectivity index (χ4v) is 5.53. The zero-order valence-electron chi connectivity index (χ0n) is 29.0. The van der Waals surface area contributed by atoms with Gasteiger partial charge in [0.05, 0.1) is 0 Å². The highest BCUT2D eigenvalue weighted by atomic mass is 16.3. The van der Waals surface area contributed by atoms with Crippen LogP contribution in [0.15, 0.2) is 36.4 Å². The molecule has 274 valence electrons. The molecule has 2 unspecified atom stereocenters. The van der Waals surface area contributed by atoms with Gasteiger partial charge in [-0.1, -0.05) is 32.4 Å². The number of carbonyl (C=O) groups excluding carboxylic acids is 7. The average molecular weight is 699 g/mol. The van der Waals surface area contributed by atoms with Crippen molar-refractivity contribution >= 4 is 47.2 Å². The maximum atomic E-state index is 13.4. The summed E-state index contributed by atoms with van der Waals surface area (Å²) >= 11 is 0. The van der Waals surface area contributed by atoms with Crippen LogP contribution < -0.4 is 27.0 Å². The summed E-state index contributed by atoms with van der Waals surface area (Å²) in [6.07, 6.45) is 3.31. The molecule has 50 heavy (non-hydrogen) atoms. The molecule has 16 nitrogen and oxygen atoms in total. The van der Waals surface area contributed by atoms with E-state index in [1.807, 2.05) is 7.05 Å². The first-order valence-electron chi connectivity index (χ1n) is 17.0. The molecule has 1 saturated heterocycles. The van der Waals surface area contributed by atoms with Gasteiger partial charge in [0.25, 0.3) is 17.7 Å². The lowest BCUT2D eigenvalue weighted by Gasteiger charge is -2.33. The highest BCUT2D eigenvalue weighted by molar-refractivity contribution is 6.12. The van der Waals surface area contributed by atoms with Gasteiger partial charge in [0.2, 0.25) is 17.7 Å². The number of carbonyl (C=O) groups is 7. The van der Waals surface area contributed by atoms with Crippen molar-refractivity contribution in [2.75, 3.05) is 51.6 Å². The van der Waals surface area contributed by atoms with Crippen molar-refractivity contribution < 1.29 is 38.7 Å². The van der Waals surface area contributed by atoms with Crippen LogP contribution in [0.1, 0.15) is 64.0 Å². The summed E-state index contributed by atoms with van der Waals surface area (Å²) in [5.41, 5.74) is 5.89. The highest BCUT2D eigenvalue weighted by Crippen LogP contribution is 2.20. The van der Waals surface area contributed by atoms with Gasteiger partial charge in [0.15, 0.2) is 6.10 Å². The Balaban J connectivity index is 1.56. The number of unbranched alkanes of at least 4 members (excludes halogenated alkanes) is 2. The van der Waals surface area contributed by atoms with Crippen molar-refractivity contribution in [2.24, 2.45) is 11.7 Å². The molecule has 2 aliphatic rings. The topological polar surface area (TPSA) is 224 Å². The quantitative estimate of drug-likeness (QED) is 0.0895. The molecule has 2 heterocycles. The van der Waals surface area contributed by atoms with Crippen LogP contribution in [-0.4, -0.2) is 120 Å². The third-order valence-corrected chi connectivity index (χ3v) is 8.60. The number of hydrogen-bond donors (Lipinski definition) is 6. The Kier molecular flexibility index (Phi) is 15.4. The summed E-state index contributed by atoms with van der Waals surface area (Å²) < 4.78 is 0. The number of nitrogens with two attached hydrogens (primary N) is 1. The molecule has 3 atom stereocenters. The molecule has 0 saturated carbocycles. The molecule has 8 amide bonds. The van der Waals surface area contributed by atoms with Crippen molar-refractivity contribution in [1.29, 1.82) is 0 Å². The summed E-state index contributed by atoms with van der Waals surface area (Å²) in [5, 5.41) is 21.4. The van der Waals surface area contributed by atoms with Crippen LogP contribution >= 0.6 is 0 Å². The van der Waals surface area contributed by atoms with E-state index < -0.39 is 36.0 Å². The minimum absolute atomic E-state index is 0.130. The number of primary amides is 1. The average Bonchev–Trinajstić information content (AvgIpc) is 3.40. The van der Waals surface area contributed by atoms with Crippen LogP contribution in [0.2, 0.25) is 0 Å². The van der Waals surface area contributed by atoms with Gasteiger partial charge in [0, 0.05) is 63.5 Å². The number of nitrogens with one attached hydrogen (secondary N) is 4. The summed E-state index contributed by atoms with van der Waals surface area (Å²) in [6, 6.07) is 3.50. The second-order valence-corrected chi connectivity index (χ2v) is 12.9. The molecule has 0 aromatic heterocycles. The first kappa shape index (κ1) is 39.6. The number of hydrogen-bond acceptors (Lipinski definition) is 9. The molecular weight excluding hydrogens is 648 g/mol. The van der Waals surface area contributed by atoms with Crippen molar-refractivity contribution in [2.45, 2.75) is 70.6 Å². The van der Waals surface area contributed by atoms with Crippen LogP contribution in [0, 0.1) is 5.92 Å². The molecule has 0 bridgehead atoms. The fraction of sp³-hybridized carbons (Fsp3) is 0.559. The lowest BCUT2D eigenvalue weighted by molar-refractivity contribution is -0.142. The van der Waals surface area contributed by atoms with Crippen molar-refractivity contribution in [1.82, 2.24) is 30.7 Å². The zero-order valence-corrected chi connectivity index (χ0v) is 29.0. The predicted molar refractivity (Wildman–Crippen MR) is 184 cm³/mol. The number of amides is 8. The highest BCUT2D eigenvalue weighted by Gasteiger charge is 2.30. The minimum atomic E-state index is -1.35. The van der Waals surface area contributed by atoms with Crippen molar-refractivity contribution in [3.05, 3.63) is 42.0 Å². The first-order valence-corrected chi connectivity index (χ1v) is 17.0. The van der Waals surface area contributed by atoms with E-state index in [-0.39, 0.29) is 55.5 Å². The number of imide groups is 1. The summed E-state index contributed by atoms with van der Waals surface area (Å²) in [6.45, 7) is 6.45. The van der Waals surface area contributed by atoms with E-state index in [0.717, 1.165) is 18.0 Å². The molecule has 0 radical (unpaired) electrons. The molecule has 1 aromatic carbocycles. The molecule has 2 aliphatic heterocycles. The number of likely N-dealkylation sites (N-methyl/N-ethyl adjacent to an activating group) is 1. The molecular formula is C34H50N8O8. The Bertz CT molecular complexity index is 1390. The predicted octanol–water partition coefficient (Wildman–Crippen LogP) is -0.00800. The minimum Gasteiger partial charge on any atom is -0.378 e. The van der Waals surface area contributed by atoms with Gasteiger partial charge in [-0.15, -0.1) is 0 Å². The molecule has 3 rings (SSSR count). The van der Waals surface area contributed by atoms with Gasteiger partial charge >= 0.3 is 6.03 Å². The molecule has 0 aliphatic carbocycles. The van der Waals surface area contributed by atoms with E-state index in [2.05, 4.69) is 26.2 Å². The van der Waals surface area contributed by atoms with E-state index >= 15 is 0 Å². The monoisotopic (exact) mass is 698 g/mol. The molecule has 0 spiro atoms. The van der Waals surface area contributed by atoms with Gasteiger partial charge in [-0.05, 0) is 56.3 Å². The summed E-state index contributed by atoms with van der Waals surface area (Å²) in [5.74, 6) is -2.86. The van der Waals surface area contributed by atoms with Crippen molar-refractivity contribution in [3.63, 3.8) is 0 Å². The Morgan fingerprint density at radius 1 is 0.860 bits per heavy atom.